The summed E-state index contributed by atoms with van der Waals surface area (Å²) in [5.41, 5.74) is -0.478. The number of benzene rings is 2. The van der Waals surface area contributed by atoms with Crippen molar-refractivity contribution in [2.24, 2.45) is 0 Å². The highest BCUT2D eigenvalue weighted by molar-refractivity contribution is 5.94. The summed E-state index contributed by atoms with van der Waals surface area (Å²) in [6, 6.07) is 10.1. The molecule has 23 heavy (non-hydrogen) atoms. The van der Waals surface area contributed by atoms with Crippen molar-refractivity contribution in [3.05, 3.63) is 54.1 Å². The number of anilines is 1. The van der Waals surface area contributed by atoms with Gasteiger partial charge in [0.25, 0.3) is 5.91 Å². The summed E-state index contributed by atoms with van der Waals surface area (Å²) in [5.74, 6) is -1.17. The third-order valence-electron chi connectivity index (χ3n) is 3.21. The van der Waals surface area contributed by atoms with Gasteiger partial charge in [0.1, 0.15) is 28.8 Å². The second kappa shape index (κ2) is 7.58. The summed E-state index contributed by atoms with van der Waals surface area (Å²) >= 11 is 0. The molecule has 1 atom stereocenters. The normalized spacial score (nSPS) is 11.7. The third-order valence-corrected chi connectivity index (χ3v) is 3.21. The van der Waals surface area contributed by atoms with Crippen LogP contribution in [0.15, 0.2) is 42.5 Å². The zero-order chi connectivity index (χ0) is 16.8. The number of rotatable bonds is 6. The first-order chi connectivity index (χ1) is 11.0. The van der Waals surface area contributed by atoms with E-state index in [-0.39, 0.29) is 0 Å². The molecule has 0 heterocycles. The Morgan fingerprint density at radius 2 is 1.65 bits per heavy atom. The Morgan fingerprint density at radius 3 is 2.17 bits per heavy atom. The number of hydrogen-bond acceptors (Lipinski definition) is 3. The van der Waals surface area contributed by atoms with Crippen LogP contribution in [0.25, 0.3) is 0 Å². The molecule has 4 nitrogen and oxygen atoms in total. The maximum atomic E-state index is 13.6. The number of ether oxygens (including phenoxy) is 2. The molecule has 1 N–H and O–H groups in total. The third kappa shape index (κ3) is 4.18. The lowest BCUT2D eigenvalue weighted by molar-refractivity contribution is -0.122. The molecule has 2 rings (SSSR count). The molecule has 0 unspecified atom stereocenters. The molecule has 0 bridgehead atoms. The number of carbonyl (C=O) groups is 1. The van der Waals surface area contributed by atoms with Crippen molar-refractivity contribution in [2.45, 2.75) is 19.4 Å². The van der Waals surface area contributed by atoms with Gasteiger partial charge in [0, 0.05) is 0 Å². The summed E-state index contributed by atoms with van der Waals surface area (Å²) in [6.07, 6.45) is -0.532. The van der Waals surface area contributed by atoms with Crippen molar-refractivity contribution in [1.82, 2.24) is 0 Å². The van der Waals surface area contributed by atoms with Gasteiger partial charge in [0.05, 0.1) is 7.11 Å². The Labute approximate surface area is 133 Å². The number of methoxy groups -OCH3 is 1. The molecule has 1 amide bonds. The minimum atomic E-state index is -0.873. The molecular formula is C17H17F2NO3. The zero-order valence-electron chi connectivity index (χ0n) is 12.8. The molecule has 6 heteroatoms. The standard InChI is InChI=1S/C17H17F2NO3/c1-3-15(23-12-9-7-11(22-2)8-10-12)17(21)20-16-13(18)5-4-6-14(16)19/h4-10,15H,3H2,1-2H3,(H,20,21)/t15-/m1/s1. The van der Waals surface area contributed by atoms with Crippen LogP contribution in [0, 0.1) is 11.6 Å². The average molecular weight is 321 g/mol. The summed E-state index contributed by atoms with van der Waals surface area (Å²) in [7, 11) is 1.54. The van der Waals surface area contributed by atoms with Gasteiger partial charge in [-0.1, -0.05) is 13.0 Å². The first-order valence-electron chi connectivity index (χ1n) is 7.10. The van der Waals surface area contributed by atoms with Crippen molar-refractivity contribution in [2.75, 3.05) is 12.4 Å². The number of halogens is 2. The van der Waals surface area contributed by atoms with E-state index in [4.69, 9.17) is 9.47 Å². The van der Waals surface area contributed by atoms with Crippen LogP contribution < -0.4 is 14.8 Å². The maximum Gasteiger partial charge on any atom is 0.265 e. The molecule has 0 saturated heterocycles. The quantitative estimate of drug-likeness (QED) is 0.881. The van der Waals surface area contributed by atoms with Crippen LogP contribution in [0.3, 0.4) is 0 Å². The minimum absolute atomic E-state index is 0.341. The molecule has 0 aliphatic rings. The van der Waals surface area contributed by atoms with Gasteiger partial charge in [0.2, 0.25) is 0 Å². The van der Waals surface area contributed by atoms with Crippen LogP contribution in [0.4, 0.5) is 14.5 Å². The lowest BCUT2D eigenvalue weighted by Gasteiger charge is -2.18. The van der Waals surface area contributed by atoms with Crippen LogP contribution in [-0.2, 0) is 4.79 Å². The van der Waals surface area contributed by atoms with E-state index in [0.29, 0.717) is 17.9 Å². The van der Waals surface area contributed by atoms with Gasteiger partial charge < -0.3 is 14.8 Å². The fraction of sp³-hybridized carbons (Fsp3) is 0.235. The molecule has 0 aliphatic carbocycles. The van der Waals surface area contributed by atoms with Crippen LogP contribution >= 0.6 is 0 Å². The van der Waals surface area contributed by atoms with Crippen molar-refractivity contribution >= 4 is 11.6 Å². The van der Waals surface area contributed by atoms with Crippen LogP contribution in [0.1, 0.15) is 13.3 Å². The van der Waals surface area contributed by atoms with E-state index in [9.17, 15) is 13.6 Å². The van der Waals surface area contributed by atoms with Gasteiger partial charge in [-0.25, -0.2) is 8.78 Å². The SMILES string of the molecule is CC[C@@H](Oc1ccc(OC)cc1)C(=O)Nc1c(F)cccc1F. The molecule has 2 aromatic carbocycles. The fourth-order valence-corrected chi connectivity index (χ4v) is 1.96. The zero-order valence-corrected chi connectivity index (χ0v) is 12.8. The Kier molecular flexibility index (Phi) is 5.51. The minimum Gasteiger partial charge on any atom is -0.497 e. The second-order valence-corrected chi connectivity index (χ2v) is 4.78. The van der Waals surface area contributed by atoms with Crippen LogP contribution in [0.2, 0.25) is 0 Å². The number of para-hydroxylation sites is 1. The van der Waals surface area contributed by atoms with Crippen molar-refractivity contribution < 1.29 is 23.0 Å². The molecule has 122 valence electrons. The average Bonchev–Trinajstić information content (AvgIpc) is 2.56. The largest absolute Gasteiger partial charge is 0.497 e. The molecule has 0 radical (unpaired) electrons. The lowest BCUT2D eigenvalue weighted by atomic mass is 10.2. The number of carbonyl (C=O) groups excluding carboxylic acids is 1. The highest BCUT2D eigenvalue weighted by atomic mass is 19.1. The number of nitrogens with one attached hydrogen (secondary N) is 1. The highest BCUT2D eigenvalue weighted by Gasteiger charge is 2.21. The summed E-state index contributed by atoms with van der Waals surface area (Å²) in [4.78, 5) is 12.2. The van der Waals surface area contributed by atoms with Crippen molar-refractivity contribution in [3.8, 4) is 11.5 Å². The van der Waals surface area contributed by atoms with E-state index in [0.717, 1.165) is 12.1 Å². The van der Waals surface area contributed by atoms with Crippen LogP contribution in [-0.4, -0.2) is 19.1 Å². The Hall–Kier alpha value is -2.63. The topological polar surface area (TPSA) is 47.6 Å². The molecule has 0 aliphatic heterocycles. The van der Waals surface area contributed by atoms with Gasteiger partial charge in [-0.3, -0.25) is 4.79 Å². The Bertz CT molecular complexity index is 654. The van der Waals surface area contributed by atoms with E-state index in [1.807, 2.05) is 0 Å². The highest BCUT2D eigenvalue weighted by Crippen LogP contribution is 2.21. The lowest BCUT2D eigenvalue weighted by Crippen LogP contribution is -2.33. The van der Waals surface area contributed by atoms with E-state index >= 15 is 0 Å². The smallest absolute Gasteiger partial charge is 0.265 e. The second-order valence-electron chi connectivity index (χ2n) is 4.78. The fourth-order valence-electron chi connectivity index (χ4n) is 1.96. The van der Waals surface area contributed by atoms with E-state index in [2.05, 4.69) is 5.32 Å². The predicted molar refractivity (Wildman–Crippen MR) is 82.7 cm³/mol. The molecular weight excluding hydrogens is 304 g/mol. The first-order valence-corrected chi connectivity index (χ1v) is 7.10. The summed E-state index contributed by atoms with van der Waals surface area (Å²) in [5, 5.41) is 2.23. The van der Waals surface area contributed by atoms with E-state index < -0.39 is 29.3 Å². The summed E-state index contributed by atoms with van der Waals surface area (Å²) < 4.78 is 37.8. The van der Waals surface area contributed by atoms with Gasteiger partial charge in [-0.15, -0.1) is 0 Å². The van der Waals surface area contributed by atoms with Gasteiger partial charge in [-0.05, 0) is 42.8 Å². The number of hydrogen-bond donors (Lipinski definition) is 1. The monoisotopic (exact) mass is 321 g/mol. The van der Waals surface area contributed by atoms with Gasteiger partial charge in [-0.2, -0.15) is 0 Å². The number of amides is 1. The predicted octanol–water partition coefficient (Wildman–Crippen LogP) is 3.77. The molecule has 0 saturated carbocycles. The Balaban J connectivity index is 2.09. The van der Waals surface area contributed by atoms with Gasteiger partial charge in [0.15, 0.2) is 6.10 Å². The Morgan fingerprint density at radius 1 is 1.09 bits per heavy atom. The molecule has 2 aromatic rings. The van der Waals surface area contributed by atoms with E-state index in [1.54, 1.807) is 38.3 Å². The van der Waals surface area contributed by atoms with E-state index in [1.165, 1.54) is 6.07 Å². The van der Waals surface area contributed by atoms with Gasteiger partial charge >= 0.3 is 0 Å². The molecule has 0 fully saturated rings. The summed E-state index contributed by atoms with van der Waals surface area (Å²) in [6.45, 7) is 1.74. The molecule has 0 aromatic heterocycles. The van der Waals surface area contributed by atoms with Crippen molar-refractivity contribution in [3.63, 3.8) is 0 Å². The molecule has 0 spiro atoms. The first kappa shape index (κ1) is 16.7. The maximum absolute atomic E-state index is 13.6. The van der Waals surface area contributed by atoms with Crippen LogP contribution in [0.5, 0.6) is 11.5 Å². The van der Waals surface area contributed by atoms with Crippen molar-refractivity contribution in [1.29, 1.82) is 0 Å².